The first-order chi connectivity index (χ1) is 10.7. The SMILES string of the molecule is CN(c1ccccc1)C1CCN(C(=O)Nc2nncs2)CC1. The van der Waals surface area contributed by atoms with Crippen LogP contribution in [0.15, 0.2) is 35.8 Å². The number of carbonyl (C=O) groups is 1. The van der Waals surface area contributed by atoms with E-state index in [4.69, 9.17) is 0 Å². The van der Waals surface area contributed by atoms with Crippen molar-refractivity contribution >= 4 is 28.2 Å². The third-order valence-corrected chi connectivity index (χ3v) is 4.64. The highest BCUT2D eigenvalue weighted by Gasteiger charge is 2.25. The van der Waals surface area contributed by atoms with Crippen molar-refractivity contribution in [2.75, 3.05) is 30.4 Å². The maximum absolute atomic E-state index is 12.2. The van der Waals surface area contributed by atoms with Crippen LogP contribution in [0, 0.1) is 0 Å². The van der Waals surface area contributed by atoms with Crippen molar-refractivity contribution in [3.8, 4) is 0 Å². The Kier molecular flexibility index (Phi) is 4.53. The monoisotopic (exact) mass is 317 g/mol. The van der Waals surface area contributed by atoms with Gasteiger partial charge in [-0.1, -0.05) is 29.5 Å². The topological polar surface area (TPSA) is 61.4 Å². The van der Waals surface area contributed by atoms with Gasteiger partial charge in [-0.05, 0) is 25.0 Å². The van der Waals surface area contributed by atoms with Crippen LogP contribution in [0.1, 0.15) is 12.8 Å². The summed E-state index contributed by atoms with van der Waals surface area (Å²) in [5, 5.41) is 10.9. The zero-order chi connectivity index (χ0) is 15.4. The van der Waals surface area contributed by atoms with E-state index in [1.165, 1.54) is 17.0 Å². The lowest BCUT2D eigenvalue weighted by molar-refractivity contribution is 0.194. The first kappa shape index (κ1) is 14.8. The second-order valence-electron chi connectivity index (χ2n) is 5.34. The molecule has 0 spiro atoms. The molecule has 22 heavy (non-hydrogen) atoms. The standard InChI is InChI=1S/C15H19N5OS/c1-19(12-5-3-2-4-6-12)13-7-9-20(10-8-13)15(21)17-14-18-16-11-22-14/h2-6,11,13H,7-10H2,1H3,(H,17,18,21). The molecule has 116 valence electrons. The van der Waals surface area contributed by atoms with E-state index in [2.05, 4.69) is 51.7 Å². The van der Waals surface area contributed by atoms with Crippen LogP contribution in [0.4, 0.5) is 15.6 Å². The van der Waals surface area contributed by atoms with E-state index in [0.29, 0.717) is 11.2 Å². The largest absolute Gasteiger partial charge is 0.371 e. The minimum Gasteiger partial charge on any atom is -0.371 e. The van der Waals surface area contributed by atoms with E-state index in [1.807, 2.05) is 11.0 Å². The Morgan fingerprint density at radius 1 is 1.32 bits per heavy atom. The van der Waals surface area contributed by atoms with Gasteiger partial charge in [0.05, 0.1) is 0 Å². The number of nitrogens with one attached hydrogen (secondary N) is 1. The fraction of sp³-hybridized carbons (Fsp3) is 0.400. The lowest BCUT2D eigenvalue weighted by Gasteiger charge is -2.37. The molecule has 0 bridgehead atoms. The highest BCUT2D eigenvalue weighted by Crippen LogP contribution is 2.22. The number of likely N-dealkylation sites (tertiary alicyclic amines) is 1. The van der Waals surface area contributed by atoms with Gasteiger partial charge >= 0.3 is 6.03 Å². The van der Waals surface area contributed by atoms with Gasteiger partial charge in [-0.15, -0.1) is 10.2 Å². The molecule has 0 unspecified atom stereocenters. The van der Waals surface area contributed by atoms with E-state index in [1.54, 1.807) is 5.51 Å². The molecule has 0 aliphatic carbocycles. The van der Waals surface area contributed by atoms with Crippen LogP contribution >= 0.6 is 11.3 Å². The van der Waals surface area contributed by atoms with Crippen molar-refractivity contribution in [3.63, 3.8) is 0 Å². The van der Waals surface area contributed by atoms with Gasteiger partial charge in [-0.2, -0.15) is 0 Å². The van der Waals surface area contributed by atoms with Gasteiger partial charge in [0.25, 0.3) is 0 Å². The van der Waals surface area contributed by atoms with Gasteiger partial charge in [-0.3, -0.25) is 5.32 Å². The minimum atomic E-state index is -0.0856. The van der Waals surface area contributed by atoms with Gasteiger partial charge in [0.2, 0.25) is 5.13 Å². The average molecular weight is 317 g/mol. The summed E-state index contributed by atoms with van der Waals surface area (Å²) in [5.74, 6) is 0. The zero-order valence-corrected chi connectivity index (χ0v) is 13.3. The van der Waals surface area contributed by atoms with Crippen molar-refractivity contribution < 1.29 is 4.79 Å². The minimum absolute atomic E-state index is 0.0856. The predicted octanol–water partition coefficient (Wildman–Crippen LogP) is 2.67. The van der Waals surface area contributed by atoms with Crippen molar-refractivity contribution in [2.45, 2.75) is 18.9 Å². The Bertz CT molecular complexity index is 596. The Balaban J connectivity index is 1.53. The first-order valence-corrected chi connectivity index (χ1v) is 8.22. The number of piperidine rings is 1. The summed E-state index contributed by atoms with van der Waals surface area (Å²) in [6, 6.07) is 10.7. The van der Waals surface area contributed by atoms with Crippen LogP contribution in [-0.2, 0) is 0 Å². The quantitative estimate of drug-likeness (QED) is 0.945. The Morgan fingerprint density at radius 3 is 2.68 bits per heavy atom. The number of amides is 2. The number of hydrogen-bond donors (Lipinski definition) is 1. The first-order valence-electron chi connectivity index (χ1n) is 7.34. The third-order valence-electron chi connectivity index (χ3n) is 4.04. The molecule has 0 atom stereocenters. The number of benzene rings is 1. The second-order valence-corrected chi connectivity index (χ2v) is 6.17. The van der Waals surface area contributed by atoms with E-state index in [9.17, 15) is 4.79 Å². The molecule has 0 radical (unpaired) electrons. The lowest BCUT2D eigenvalue weighted by Crippen LogP contribution is -2.47. The summed E-state index contributed by atoms with van der Waals surface area (Å²) >= 11 is 1.33. The fourth-order valence-corrected chi connectivity index (χ4v) is 3.16. The highest BCUT2D eigenvalue weighted by atomic mass is 32.1. The van der Waals surface area contributed by atoms with Crippen LogP contribution < -0.4 is 10.2 Å². The molecule has 1 fully saturated rings. The molecule has 1 aromatic carbocycles. The van der Waals surface area contributed by atoms with Gasteiger partial charge in [0.15, 0.2) is 0 Å². The molecular weight excluding hydrogens is 298 g/mol. The van der Waals surface area contributed by atoms with Crippen molar-refractivity contribution in [3.05, 3.63) is 35.8 Å². The number of hydrogen-bond acceptors (Lipinski definition) is 5. The normalized spacial score (nSPS) is 15.6. The maximum Gasteiger partial charge on any atom is 0.323 e. The van der Waals surface area contributed by atoms with Gasteiger partial charge < -0.3 is 9.80 Å². The van der Waals surface area contributed by atoms with Gasteiger partial charge in [0, 0.05) is 31.9 Å². The zero-order valence-electron chi connectivity index (χ0n) is 12.5. The Morgan fingerprint density at radius 2 is 2.05 bits per heavy atom. The van der Waals surface area contributed by atoms with Gasteiger partial charge in [0.1, 0.15) is 5.51 Å². The highest BCUT2D eigenvalue weighted by molar-refractivity contribution is 7.13. The number of para-hydroxylation sites is 1. The summed E-state index contributed by atoms with van der Waals surface area (Å²) in [5.41, 5.74) is 2.83. The number of rotatable bonds is 3. The van der Waals surface area contributed by atoms with Gasteiger partial charge in [-0.25, -0.2) is 4.79 Å². The molecular formula is C15H19N5OS. The number of anilines is 2. The summed E-state index contributed by atoms with van der Waals surface area (Å²) in [7, 11) is 2.12. The molecule has 1 aliphatic heterocycles. The van der Waals surface area contributed by atoms with Crippen LogP contribution in [0.3, 0.4) is 0 Å². The molecule has 2 aromatic rings. The smallest absolute Gasteiger partial charge is 0.323 e. The van der Waals surface area contributed by atoms with Crippen LogP contribution in [0.5, 0.6) is 0 Å². The molecule has 3 rings (SSSR count). The molecule has 2 amide bonds. The van der Waals surface area contributed by atoms with Crippen molar-refractivity contribution in [2.24, 2.45) is 0 Å². The van der Waals surface area contributed by atoms with Crippen molar-refractivity contribution in [1.82, 2.24) is 15.1 Å². The number of aromatic nitrogens is 2. The number of nitrogens with zero attached hydrogens (tertiary/aromatic N) is 4. The summed E-state index contributed by atoms with van der Waals surface area (Å²) < 4.78 is 0. The summed E-state index contributed by atoms with van der Waals surface area (Å²) in [6.45, 7) is 1.51. The lowest BCUT2D eigenvalue weighted by atomic mass is 10.0. The summed E-state index contributed by atoms with van der Waals surface area (Å²) in [6.07, 6.45) is 1.93. The van der Waals surface area contributed by atoms with Crippen LogP contribution in [0.25, 0.3) is 0 Å². The van der Waals surface area contributed by atoms with Crippen LogP contribution in [0.2, 0.25) is 0 Å². The van der Waals surface area contributed by atoms with Crippen molar-refractivity contribution in [1.29, 1.82) is 0 Å². The fourth-order valence-electron chi connectivity index (χ4n) is 2.73. The van der Waals surface area contributed by atoms with Crippen LogP contribution in [-0.4, -0.2) is 47.3 Å². The van der Waals surface area contributed by atoms with E-state index < -0.39 is 0 Å². The molecule has 6 nitrogen and oxygen atoms in total. The molecule has 0 saturated carbocycles. The number of urea groups is 1. The third kappa shape index (κ3) is 3.36. The Labute approximate surface area is 133 Å². The molecule has 1 aliphatic rings. The van der Waals surface area contributed by atoms with E-state index in [-0.39, 0.29) is 6.03 Å². The number of carbonyl (C=O) groups excluding carboxylic acids is 1. The maximum atomic E-state index is 12.2. The van der Waals surface area contributed by atoms with E-state index >= 15 is 0 Å². The molecule has 7 heteroatoms. The Hall–Kier alpha value is -2.15. The average Bonchev–Trinajstić information content (AvgIpc) is 3.08. The second kappa shape index (κ2) is 6.74. The molecule has 1 N–H and O–H groups in total. The predicted molar refractivity (Wildman–Crippen MR) is 88.4 cm³/mol. The molecule has 1 saturated heterocycles. The molecule has 1 aromatic heterocycles. The van der Waals surface area contributed by atoms with E-state index in [0.717, 1.165) is 25.9 Å². The summed E-state index contributed by atoms with van der Waals surface area (Å²) in [4.78, 5) is 16.3. The molecule has 2 heterocycles.